The summed E-state index contributed by atoms with van der Waals surface area (Å²) in [6.07, 6.45) is 4.32. The molecule has 8 heavy (non-hydrogen) atoms. The zero-order valence-electron chi connectivity index (χ0n) is 4.84. The molecule has 0 saturated carbocycles. The van der Waals surface area contributed by atoms with Gasteiger partial charge in [-0.05, 0) is 0 Å². The molecule has 0 spiro atoms. The van der Waals surface area contributed by atoms with Crippen LogP contribution in [0.15, 0.2) is 0 Å². The summed E-state index contributed by atoms with van der Waals surface area (Å²) >= 11 is 0. The van der Waals surface area contributed by atoms with Gasteiger partial charge in [0.15, 0.2) is 0 Å². The zero-order valence-corrected chi connectivity index (χ0v) is 4.84. The Kier molecular flexibility index (Phi) is 11.8. The molecule has 0 amide bonds. The summed E-state index contributed by atoms with van der Waals surface area (Å²) in [7, 11) is 3.25. The summed E-state index contributed by atoms with van der Waals surface area (Å²) in [4.78, 5) is 9.13. The first-order valence-electron chi connectivity index (χ1n) is 1.78. The number of carbonyl (C=O) groups is 1. The highest BCUT2D eigenvalue weighted by Gasteiger charge is 1.74. The summed E-state index contributed by atoms with van der Waals surface area (Å²) in [5, 5.41) is 7.49. The first kappa shape index (κ1) is 10.1. The van der Waals surface area contributed by atoms with E-state index in [1.807, 2.05) is 0 Å². The fraction of sp³-hybridized carbons (Fsp3) is 0.400. The van der Waals surface area contributed by atoms with Crippen molar-refractivity contribution in [1.82, 2.24) is 0 Å². The number of hydrogen-bond acceptors (Lipinski definition) is 2. The lowest BCUT2D eigenvalue weighted by Crippen LogP contribution is -1.83. The maximum atomic E-state index is 9.13. The fourth-order valence-corrected chi connectivity index (χ4v) is 0. The van der Waals surface area contributed by atoms with Crippen molar-refractivity contribution >= 4 is 5.97 Å². The summed E-state index contributed by atoms with van der Waals surface area (Å²) in [6, 6.07) is 0. The van der Waals surface area contributed by atoms with E-state index in [1.54, 1.807) is 14.2 Å². The third kappa shape index (κ3) is 81.1. The molecule has 0 fully saturated rings. The minimum atomic E-state index is -1.22. The van der Waals surface area contributed by atoms with Gasteiger partial charge >= 0.3 is 5.97 Å². The highest BCUT2D eigenvalue weighted by molar-refractivity contribution is 5.85. The number of terminal acetylenes is 1. The minimum Gasteiger partial charge on any atom is -0.472 e. The van der Waals surface area contributed by atoms with Crippen molar-refractivity contribution in [2.24, 2.45) is 0 Å². The van der Waals surface area contributed by atoms with Crippen LogP contribution >= 0.6 is 0 Å². The molecule has 0 aliphatic heterocycles. The molecule has 3 nitrogen and oxygen atoms in total. The van der Waals surface area contributed by atoms with Gasteiger partial charge in [0.25, 0.3) is 0 Å². The standard InChI is InChI=1S/C3H2O2.C2H6O/c1-2-3(4)5;1-3-2/h1H,(H,4,5);1-2H3. The maximum Gasteiger partial charge on any atom is 0.381 e. The summed E-state index contributed by atoms with van der Waals surface area (Å²) in [5.74, 6) is 0.227. The second-order valence-corrected chi connectivity index (χ2v) is 0.858. The molecule has 1 N–H and O–H groups in total. The van der Waals surface area contributed by atoms with Gasteiger partial charge in [-0.25, -0.2) is 4.79 Å². The Morgan fingerprint density at radius 1 is 1.75 bits per heavy atom. The van der Waals surface area contributed by atoms with E-state index >= 15 is 0 Å². The lowest BCUT2D eigenvalue weighted by atomic mass is 10.7. The van der Waals surface area contributed by atoms with E-state index in [2.05, 4.69) is 11.2 Å². The highest BCUT2D eigenvalue weighted by Crippen LogP contribution is 1.44. The summed E-state index contributed by atoms with van der Waals surface area (Å²) in [6.45, 7) is 0. The van der Waals surface area contributed by atoms with Crippen LogP contribution in [-0.4, -0.2) is 25.3 Å². The molecule has 0 aliphatic carbocycles. The van der Waals surface area contributed by atoms with E-state index in [0.29, 0.717) is 0 Å². The van der Waals surface area contributed by atoms with Gasteiger partial charge in [-0.1, -0.05) is 0 Å². The molecule has 0 aromatic heterocycles. The van der Waals surface area contributed by atoms with Gasteiger partial charge in [0.05, 0.1) is 0 Å². The highest BCUT2D eigenvalue weighted by atomic mass is 16.4. The van der Waals surface area contributed by atoms with E-state index in [-0.39, 0.29) is 0 Å². The molecular weight excluding hydrogens is 108 g/mol. The van der Waals surface area contributed by atoms with E-state index in [0.717, 1.165) is 0 Å². The fourth-order valence-electron chi connectivity index (χ4n) is 0. The monoisotopic (exact) mass is 116 g/mol. The van der Waals surface area contributed by atoms with Crippen LogP contribution in [0.25, 0.3) is 0 Å². The van der Waals surface area contributed by atoms with Gasteiger partial charge in [-0.2, -0.15) is 0 Å². The Morgan fingerprint density at radius 2 is 1.88 bits per heavy atom. The Morgan fingerprint density at radius 3 is 1.88 bits per heavy atom. The van der Waals surface area contributed by atoms with Crippen LogP contribution in [0, 0.1) is 12.3 Å². The average molecular weight is 116 g/mol. The lowest BCUT2D eigenvalue weighted by molar-refractivity contribution is -0.130. The molecule has 3 heteroatoms. The van der Waals surface area contributed by atoms with Crippen LogP contribution in [0.4, 0.5) is 0 Å². The van der Waals surface area contributed by atoms with Crippen LogP contribution in [-0.2, 0) is 9.53 Å². The second-order valence-electron chi connectivity index (χ2n) is 0.858. The molecule has 0 rings (SSSR count). The van der Waals surface area contributed by atoms with Gasteiger partial charge in [-0.3, -0.25) is 0 Å². The van der Waals surface area contributed by atoms with E-state index < -0.39 is 5.97 Å². The molecule has 0 heterocycles. The maximum absolute atomic E-state index is 9.13. The number of carboxylic acids is 1. The number of hydrogen-bond donors (Lipinski definition) is 1. The van der Waals surface area contributed by atoms with Gasteiger partial charge < -0.3 is 9.84 Å². The van der Waals surface area contributed by atoms with Crippen molar-refractivity contribution < 1.29 is 14.6 Å². The van der Waals surface area contributed by atoms with Crippen LogP contribution in [0.5, 0.6) is 0 Å². The largest absolute Gasteiger partial charge is 0.472 e. The third-order valence-corrected chi connectivity index (χ3v) is 0.123. The van der Waals surface area contributed by atoms with Crippen molar-refractivity contribution in [3.05, 3.63) is 0 Å². The van der Waals surface area contributed by atoms with E-state index in [9.17, 15) is 0 Å². The molecule has 0 radical (unpaired) electrons. The predicted molar refractivity (Wildman–Crippen MR) is 29.4 cm³/mol. The molecule has 0 bridgehead atoms. The smallest absolute Gasteiger partial charge is 0.381 e. The molecule has 0 aromatic carbocycles. The normalized spacial score (nSPS) is 5.62. The van der Waals surface area contributed by atoms with Crippen molar-refractivity contribution in [2.75, 3.05) is 14.2 Å². The van der Waals surface area contributed by atoms with Crippen molar-refractivity contribution in [2.45, 2.75) is 0 Å². The number of methoxy groups -OCH3 is 1. The summed E-state index contributed by atoms with van der Waals surface area (Å²) in [5.41, 5.74) is 0. The van der Waals surface area contributed by atoms with Gasteiger partial charge in [0.1, 0.15) is 0 Å². The summed E-state index contributed by atoms with van der Waals surface area (Å²) < 4.78 is 4.25. The van der Waals surface area contributed by atoms with Gasteiger partial charge in [0.2, 0.25) is 0 Å². The van der Waals surface area contributed by atoms with E-state index in [4.69, 9.17) is 9.90 Å². The van der Waals surface area contributed by atoms with Crippen LogP contribution in [0.1, 0.15) is 0 Å². The first-order valence-corrected chi connectivity index (χ1v) is 1.78. The molecule has 0 aromatic rings. The molecule has 0 atom stereocenters. The Balaban J connectivity index is 0. The topological polar surface area (TPSA) is 46.5 Å². The average Bonchev–Trinajstić information content (AvgIpc) is 1.69. The van der Waals surface area contributed by atoms with Crippen molar-refractivity contribution in [1.29, 1.82) is 0 Å². The number of carboxylic acid groups (broad SMARTS) is 1. The predicted octanol–water partition coefficient (Wildman–Crippen LogP) is -0.0332. The molecule has 0 aliphatic rings. The van der Waals surface area contributed by atoms with Crippen molar-refractivity contribution in [3.8, 4) is 12.3 Å². The first-order chi connectivity index (χ1) is 3.68. The molecule has 0 saturated heterocycles. The number of rotatable bonds is 0. The number of aliphatic carboxylic acids is 1. The quantitative estimate of drug-likeness (QED) is 0.452. The molecule has 0 unspecified atom stereocenters. The van der Waals surface area contributed by atoms with Crippen LogP contribution < -0.4 is 0 Å². The third-order valence-electron chi connectivity index (χ3n) is 0.123. The zero-order chi connectivity index (χ0) is 6.99. The minimum absolute atomic E-state index is 1.22. The Labute approximate surface area is 48.3 Å². The lowest BCUT2D eigenvalue weighted by Gasteiger charge is -1.61. The Bertz CT molecular complexity index is 90.3. The van der Waals surface area contributed by atoms with Crippen molar-refractivity contribution in [3.63, 3.8) is 0 Å². The number of ether oxygens (including phenoxy) is 1. The van der Waals surface area contributed by atoms with Gasteiger partial charge in [0, 0.05) is 20.1 Å². The van der Waals surface area contributed by atoms with Gasteiger partial charge in [-0.15, -0.1) is 6.42 Å². The van der Waals surface area contributed by atoms with E-state index in [1.165, 1.54) is 5.92 Å². The Hall–Kier alpha value is -1.01. The molecule has 46 valence electrons. The van der Waals surface area contributed by atoms with Crippen LogP contribution in [0.3, 0.4) is 0 Å². The van der Waals surface area contributed by atoms with Crippen LogP contribution in [0.2, 0.25) is 0 Å². The molecular formula is C5H8O3. The SMILES string of the molecule is C#CC(=O)O.COC. The second kappa shape index (κ2) is 9.37.